The van der Waals surface area contributed by atoms with Gasteiger partial charge in [-0.05, 0) is 63.6 Å². The number of benzene rings is 1. The topological polar surface area (TPSA) is 100 Å². The van der Waals surface area contributed by atoms with E-state index in [1.807, 2.05) is 43.9 Å². The van der Waals surface area contributed by atoms with Gasteiger partial charge in [0.15, 0.2) is 5.76 Å². The van der Waals surface area contributed by atoms with Crippen LogP contribution in [0.3, 0.4) is 0 Å². The predicted molar refractivity (Wildman–Crippen MR) is 154 cm³/mol. The number of aromatic nitrogens is 2. The number of hydrogen-bond acceptors (Lipinski definition) is 7. The van der Waals surface area contributed by atoms with Gasteiger partial charge in [0.2, 0.25) is 0 Å². The third-order valence-corrected chi connectivity index (χ3v) is 8.39. The summed E-state index contributed by atoms with van der Waals surface area (Å²) < 4.78 is 0. The minimum atomic E-state index is -0.268. The molecule has 2 fully saturated rings. The van der Waals surface area contributed by atoms with E-state index in [2.05, 4.69) is 38.6 Å². The summed E-state index contributed by atoms with van der Waals surface area (Å²) >= 11 is 6.39. The Labute approximate surface area is 241 Å². The molecule has 2 saturated heterocycles. The number of urea groups is 1. The molecule has 3 heterocycles. The lowest BCUT2D eigenvalue weighted by Crippen LogP contribution is -2.44. The first-order chi connectivity index (χ1) is 19.1. The van der Waals surface area contributed by atoms with Crippen molar-refractivity contribution >= 4 is 29.2 Å². The maximum atomic E-state index is 13.2. The van der Waals surface area contributed by atoms with Gasteiger partial charge in [0.1, 0.15) is 6.33 Å². The largest absolute Gasteiger partial charge is 0.341 e. The molecule has 2 aliphatic rings. The molecule has 0 radical (unpaired) electrons. The van der Waals surface area contributed by atoms with Crippen LogP contribution in [0.2, 0.25) is 5.02 Å². The van der Waals surface area contributed by atoms with Crippen molar-refractivity contribution in [3.63, 3.8) is 0 Å². The molecule has 4 rings (SSSR count). The molecule has 1 N–H and O–H groups in total. The Balaban J connectivity index is 1.35. The number of carbonyl (C=O) groups is 2. The van der Waals surface area contributed by atoms with Crippen molar-refractivity contribution in [1.82, 2.24) is 25.1 Å². The zero-order chi connectivity index (χ0) is 29.0. The summed E-state index contributed by atoms with van der Waals surface area (Å²) in [5.41, 5.74) is 3.75. The summed E-state index contributed by atoms with van der Waals surface area (Å²) in [4.78, 5) is 50.5. The van der Waals surface area contributed by atoms with E-state index in [1.54, 1.807) is 4.90 Å². The number of likely N-dealkylation sites (tertiary alicyclic amines) is 2. The molecule has 0 saturated carbocycles. The van der Waals surface area contributed by atoms with Crippen LogP contribution in [0.4, 0.5) is 10.5 Å². The third kappa shape index (κ3) is 6.74. The molecule has 0 spiro atoms. The molecule has 11 heteroatoms. The highest BCUT2D eigenvalue weighted by Crippen LogP contribution is 2.34. The van der Waals surface area contributed by atoms with Crippen molar-refractivity contribution in [2.24, 2.45) is 11.8 Å². The molecule has 2 aromatic rings. The van der Waals surface area contributed by atoms with Crippen LogP contribution in [0.5, 0.6) is 0 Å². The summed E-state index contributed by atoms with van der Waals surface area (Å²) in [6.07, 6.45) is 2.28. The van der Waals surface area contributed by atoms with E-state index >= 15 is 0 Å². The molecule has 1 aromatic heterocycles. The van der Waals surface area contributed by atoms with E-state index < -0.39 is 0 Å². The van der Waals surface area contributed by atoms with Crippen LogP contribution < -0.4 is 10.2 Å². The summed E-state index contributed by atoms with van der Waals surface area (Å²) in [5, 5.41) is 3.45. The maximum Gasteiger partial charge on any atom is 0.322 e. The predicted octanol–water partition coefficient (Wildman–Crippen LogP) is 4.15. The van der Waals surface area contributed by atoms with Gasteiger partial charge in [0, 0.05) is 49.5 Å². The van der Waals surface area contributed by atoms with Crippen molar-refractivity contribution in [3.05, 3.63) is 64.4 Å². The number of hydrogen-bond donors (Lipinski definition) is 1. The van der Waals surface area contributed by atoms with Crippen LogP contribution in [0.25, 0.3) is 0 Å². The molecule has 10 nitrogen and oxygen atoms in total. The van der Waals surface area contributed by atoms with Crippen molar-refractivity contribution in [2.75, 3.05) is 51.3 Å². The number of amides is 3. The molecule has 0 aliphatic carbocycles. The van der Waals surface area contributed by atoms with Crippen LogP contribution in [-0.2, 0) is 9.78 Å². The molecule has 3 amide bonds. The molecular formula is C29H39ClN6O4. The molecule has 3 atom stereocenters. The Hall–Kier alpha value is -3.21. The monoisotopic (exact) mass is 570 g/mol. The number of nitrogens with one attached hydrogen (secondary N) is 1. The number of aryl methyl sites for hydroxylation is 3. The van der Waals surface area contributed by atoms with Gasteiger partial charge in [-0.1, -0.05) is 24.2 Å². The molecule has 3 unspecified atom stereocenters. The van der Waals surface area contributed by atoms with E-state index in [0.717, 1.165) is 55.2 Å². The lowest BCUT2D eigenvalue weighted by molar-refractivity contribution is -0.237. The summed E-state index contributed by atoms with van der Waals surface area (Å²) in [7, 11) is 1.39. The van der Waals surface area contributed by atoms with Gasteiger partial charge in [-0.15, -0.1) is 0 Å². The normalized spacial score (nSPS) is 19.3. The fourth-order valence-electron chi connectivity index (χ4n) is 5.63. The number of halogens is 1. The highest BCUT2D eigenvalue weighted by Gasteiger charge is 2.43. The van der Waals surface area contributed by atoms with Crippen molar-refractivity contribution in [1.29, 1.82) is 0 Å². The minimum Gasteiger partial charge on any atom is -0.341 e. The van der Waals surface area contributed by atoms with Crippen LogP contribution in [0.15, 0.2) is 36.9 Å². The lowest BCUT2D eigenvalue weighted by atomic mass is 10.0. The van der Waals surface area contributed by atoms with Crippen LogP contribution in [-0.4, -0.2) is 84.1 Å². The second-order valence-electron chi connectivity index (χ2n) is 10.8. The van der Waals surface area contributed by atoms with Crippen molar-refractivity contribution < 1.29 is 19.4 Å². The Morgan fingerprint density at radius 3 is 2.40 bits per heavy atom. The molecule has 40 heavy (non-hydrogen) atoms. The first-order valence-corrected chi connectivity index (χ1v) is 14.0. The zero-order valence-corrected chi connectivity index (χ0v) is 24.7. The van der Waals surface area contributed by atoms with Crippen molar-refractivity contribution in [2.45, 2.75) is 40.2 Å². The number of fused-ring (bicyclic) bond motifs is 1. The second kappa shape index (κ2) is 13.0. The third-order valence-electron chi connectivity index (χ3n) is 7.99. The summed E-state index contributed by atoms with van der Waals surface area (Å²) in [5.74, 6) is 1.19. The minimum absolute atomic E-state index is 0.0293. The standard InChI is InChI=1S/C29H39ClN6O4/c1-18-7-8-25(11-26(18)30)36(29(38)31-12-20(3)40-39-6)10-9-19(2)34-13-23-15-35(16-24(23)14-34)28(37)27-21(4)32-17-33-22(27)5/h7-8,11,17,19,23-24H,3,9-10,12-16H2,1-2,4-6H3,(H,31,38). The van der Waals surface area contributed by atoms with Crippen molar-refractivity contribution in [3.8, 4) is 0 Å². The first-order valence-electron chi connectivity index (χ1n) is 13.6. The number of rotatable bonds is 10. The molecular weight excluding hydrogens is 532 g/mol. The highest BCUT2D eigenvalue weighted by atomic mass is 35.5. The lowest BCUT2D eigenvalue weighted by Gasteiger charge is -2.30. The van der Waals surface area contributed by atoms with E-state index in [4.69, 9.17) is 16.5 Å². The Morgan fingerprint density at radius 2 is 1.80 bits per heavy atom. The average molecular weight is 571 g/mol. The van der Waals surface area contributed by atoms with E-state index in [9.17, 15) is 9.59 Å². The summed E-state index contributed by atoms with van der Waals surface area (Å²) in [6.45, 7) is 15.5. The fraction of sp³-hybridized carbons (Fsp3) is 0.517. The van der Waals surface area contributed by atoms with Gasteiger partial charge in [0.25, 0.3) is 5.91 Å². The van der Waals surface area contributed by atoms with E-state index in [1.165, 1.54) is 13.4 Å². The molecule has 1 aromatic carbocycles. The number of carbonyl (C=O) groups excluding carboxylic acids is 2. The van der Waals surface area contributed by atoms with Gasteiger partial charge in [-0.3, -0.25) is 14.6 Å². The highest BCUT2D eigenvalue weighted by molar-refractivity contribution is 6.31. The second-order valence-corrected chi connectivity index (χ2v) is 11.2. The van der Waals surface area contributed by atoms with Crippen LogP contribution in [0, 0.1) is 32.6 Å². The van der Waals surface area contributed by atoms with Gasteiger partial charge < -0.3 is 15.1 Å². The van der Waals surface area contributed by atoms with Gasteiger partial charge in [-0.25, -0.2) is 14.8 Å². The Bertz CT molecular complexity index is 1220. The maximum absolute atomic E-state index is 13.2. The van der Waals surface area contributed by atoms with Crippen LogP contribution in [0.1, 0.15) is 40.7 Å². The fourth-order valence-corrected chi connectivity index (χ4v) is 5.80. The van der Waals surface area contributed by atoms with E-state index in [-0.39, 0.29) is 24.5 Å². The first kappa shape index (κ1) is 29.8. The summed E-state index contributed by atoms with van der Waals surface area (Å²) in [6, 6.07) is 5.61. The SMILES string of the molecule is C=C(CNC(=O)N(CCC(C)N1CC2CN(C(=O)c3c(C)ncnc3C)CC2C1)c1ccc(C)c(Cl)c1)OOC. The molecule has 216 valence electrons. The molecule has 2 aliphatic heterocycles. The molecule has 0 bridgehead atoms. The zero-order valence-electron chi connectivity index (χ0n) is 23.9. The van der Waals surface area contributed by atoms with Gasteiger partial charge in [-0.2, -0.15) is 4.89 Å². The Morgan fingerprint density at radius 1 is 1.15 bits per heavy atom. The van der Waals surface area contributed by atoms with Crippen LogP contribution >= 0.6 is 11.6 Å². The van der Waals surface area contributed by atoms with E-state index in [0.29, 0.717) is 34.7 Å². The number of nitrogens with zero attached hydrogens (tertiary/aromatic N) is 5. The van der Waals surface area contributed by atoms with Gasteiger partial charge in [0.05, 0.1) is 30.6 Å². The Kier molecular flexibility index (Phi) is 9.65. The average Bonchev–Trinajstić information content (AvgIpc) is 3.49. The quantitative estimate of drug-likeness (QED) is 0.260. The smallest absolute Gasteiger partial charge is 0.322 e. The number of anilines is 1. The van der Waals surface area contributed by atoms with Gasteiger partial charge >= 0.3 is 6.03 Å².